The minimum Gasteiger partial charge on any atom is -0.493 e. The SMILES string of the molecule is COc1cc([C@H](OC(C)=O)[C@H](C)OS(C)(=O)=O)cc(OC)c1OC. The summed E-state index contributed by atoms with van der Waals surface area (Å²) < 4.78 is 48.7. The average molecular weight is 362 g/mol. The van der Waals surface area contributed by atoms with E-state index in [0.717, 1.165) is 6.26 Å². The van der Waals surface area contributed by atoms with Crippen LogP contribution in [0.25, 0.3) is 0 Å². The molecule has 0 saturated heterocycles. The highest BCUT2D eigenvalue weighted by molar-refractivity contribution is 7.86. The summed E-state index contributed by atoms with van der Waals surface area (Å²) in [6, 6.07) is 3.13. The maximum Gasteiger partial charge on any atom is 0.303 e. The lowest BCUT2D eigenvalue weighted by Crippen LogP contribution is -2.26. The normalized spacial score (nSPS) is 13.8. The number of ether oxygens (including phenoxy) is 4. The fourth-order valence-electron chi connectivity index (χ4n) is 2.21. The van der Waals surface area contributed by atoms with Crippen LogP contribution in [0.2, 0.25) is 0 Å². The van der Waals surface area contributed by atoms with E-state index < -0.39 is 28.3 Å². The van der Waals surface area contributed by atoms with Crippen LogP contribution in [-0.2, 0) is 23.8 Å². The second-order valence-electron chi connectivity index (χ2n) is 4.99. The van der Waals surface area contributed by atoms with Crippen molar-refractivity contribution < 1.29 is 36.3 Å². The summed E-state index contributed by atoms with van der Waals surface area (Å²) in [7, 11) is 0.608. The van der Waals surface area contributed by atoms with Crippen LogP contribution in [0.5, 0.6) is 17.2 Å². The van der Waals surface area contributed by atoms with Crippen molar-refractivity contribution in [3.8, 4) is 17.2 Å². The van der Waals surface area contributed by atoms with Crippen LogP contribution in [0.15, 0.2) is 12.1 Å². The quantitative estimate of drug-likeness (QED) is 0.509. The first-order valence-electron chi connectivity index (χ1n) is 6.98. The van der Waals surface area contributed by atoms with Gasteiger partial charge in [-0.15, -0.1) is 0 Å². The highest BCUT2D eigenvalue weighted by atomic mass is 32.2. The minimum absolute atomic E-state index is 0.343. The lowest BCUT2D eigenvalue weighted by molar-refractivity contribution is -0.151. The molecule has 2 atom stereocenters. The van der Waals surface area contributed by atoms with E-state index in [1.54, 1.807) is 12.1 Å². The van der Waals surface area contributed by atoms with Crippen LogP contribution in [0.3, 0.4) is 0 Å². The van der Waals surface area contributed by atoms with Crippen molar-refractivity contribution in [3.05, 3.63) is 17.7 Å². The molecule has 9 heteroatoms. The molecule has 0 amide bonds. The van der Waals surface area contributed by atoms with Crippen molar-refractivity contribution in [1.82, 2.24) is 0 Å². The van der Waals surface area contributed by atoms with Crippen molar-refractivity contribution in [2.75, 3.05) is 27.6 Å². The second-order valence-corrected chi connectivity index (χ2v) is 6.59. The zero-order chi connectivity index (χ0) is 18.5. The van der Waals surface area contributed by atoms with Gasteiger partial charge in [-0.1, -0.05) is 0 Å². The van der Waals surface area contributed by atoms with Crippen LogP contribution in [0.1, 0.15) is 25.5 Å². The van der Waals surface area contributed by atoms with E-state index in [0.29, 0.717) is 22.8 Å². The van der Waals surface area contributed by atoms with Gasteiger partial charge in [0, 0.05) is 12.5 Å². The van der Waals surface area contributed by atoms with Gasteiger partial charge in [-0.2, -0.15) is 8.42 Å². The third-order valence-electron chi connectivity index (χ3n) is 3.06. The molecule has 0 aliphatic rings. The standard InChI is InChI=1S/C15H22O8S/c1-9(23-24(6,17)18)14(22-10(2)16)11-7-12(19-3)15(21-5)13(8-11)20-4/h7-9,14H,1-6H3/t9-,14+/m0/s1. The Morgan fingerprint density at radius 2 is 1.54 bits per heavy atom. The summed E-state index contributed by atoms with van der Waals surface area (Å²) in [6.45, 7) is 2.70. The van der Waals surface area contributed by atoms with Crippen molar-refractivity contribution in [2.45, 2.75) is 26.1 Å². The van der Waals surface area contributed by atoms with Gasteiger partial charge in [-0.25, -0.2) is 0 Å². The molecule has 0 aliphatic heterocycles. The largest absolute Gasteiger partial charge is 0.493 e. The number of carbonyl (C=O) groups is 1. The molecule has 0 spiro atoms. The molecule has 0 fully saturated rings. The van der Waals surface area contributed by atoms with Crippen LogP contribution in [0.4, 0.5) is 0 Å². The van der Waals surface area contributed by atoms with Gasteiger partial charge in [0.15, 0.2) is 17.6 Å². The number of hydrogen-bond donors (Lipinski definition) is 0. The molecule has 8 nitrogen and oxygen atoms in total. The molecule has 0 aliphatic carbocycles. The minimum atomic E-state index is -3.73. The van der Waals surface area contributed by atoms with Crippen molar-refractivity contribution in [1.29, 1.82) is 0 Å². The Hall–Kier alpha value is -2.00. The average Bonchev–Trinajstić information content (AvgIpc) is 2.49. The third kappa shape index (κ3) is 5.27. The molecular formula is C15H22O8S. The molecule has 1 aromatic rings. The molecule has 0 radical (unpaired) electrons. The lowest BCUT2D eigenvalue weighted by atomic mass is 10.0. The van der Waals surface area contributed by atoms with E-state index in [4.69, 9.17) is 23.1 Å². The Balaban J connectivity index is 3.39. The molecule has 0 unspecified atom stereocenters. The Morgan fingerprint density at radius 1 is 1.04 bits per heavy atom. The maximum atomic E-state index is 11.4. The highest BCUT2D eigenvalue weighted by Gasteiger charge is 2.29. The summed E-state index contributed by atoms with van der Waals surface area (Å²) in [6.07, 6.45) is -1.01. The maximum absolute atomic E-state index is 11.4. The number of rotatable bonds is 8. The number of esters is 1. The first-order chi connectivity index (χ1) is 11.1. The van der Waals surface area contributed by atoms with Gasteiger partial charge in [0.05, 0.1) is 27.6 Å². The number of methoxy groups -OCH3 is 3. The Labute approximate surface area is 141 Å². The van der Waals surface area contributed by atoms with Gasteiger partial charge in [-0.3, -0.25) is 8.98 Å². The van der Waals surface area contributed by atoms with E-state index in [1.165, 1.54) is 35.2 Å². The van der Waals surface area contributed by atoms with Gasteiger partial charge in [0.1, 0.15) is 6.10 Å². The topological polar surface area (TPSA) is 97.4 Å². The van der Waals surface area contributed by atoms with E-state index in [9.17, 15) is 13.2 Å². The highest BCUT2D eigenvalue weighted by Crippen LogP contribution is 2.41. The van der Waals surface area contributed by atoms with Gasteiger partial charge < -0.3 is 18.9 Å². The van der Waals surface area contributed by atoms with Gasteiger partial charge in [0.25, 0.3) is 10.1 Å². The van der Waals surface area contributed by atoms with Crippen LogP contribution >= 0.6 is 0 Å². The molecule has 0 aromatic heterocycles. The molecule has 0 saturated carbocycles. The molecular weight excluding hydrogens is 340 g/mol. The molecule has 1 rings (SSSR count). The van der Waals surface area contributed by atoms with E-state index in [-0.39, 0.29) is 0 Å². The van der Waals surface area contributed by atoms with Crippen molar-refractivity contribution in [2.24, 2.45) is 0 Å². The Morgan fingerprint density at radius 3 is 1.88 bits per heavy atom. The summed E-state index contributed by atoms with van der Waals surface area (Å²) in [4.78, 5) is 11.4. The fraction of sp³-hybridized carbons (Fsp3) is 0.533. The number of benzene rings is 1. The van der Waals surface area contributed by atoms with E-state index >= 15 is 0 Å². The van der Waals surface area contributed by atoms with E-state index in [1.807, 2.05) is 0 Å². The molecule has 1 aromatic carbocycles. The van der Waals surface area contributed by atoms with Crippen molar-refractivity contribution in [3.63, 3.8) is 0 Å². The monoisotopic (exact) mass is 362 g/mol. The molecule has 0 bridgehead atoms. The first-order valence-corrected chi connectivity index (χ1v) is 8.80. The molecule has 0 heterocycles. The summed E-state index contributed by atoms with van der Waals surface area (Å²) >= 11 is 0. The second kappa shape index (κ2) is 8.20. The zero-order valence-electron chi connectivity index (χ0n) is 14.5. The summed E-state index contributed by atoms with van der Waals surface area (Å²) in [5.41, 5.74) is 0.441. The molecule has 0 N–H and O–H groups in total. The van der Waals surface area contributed by atoms with Gasteiger partial charge >= 0.3 is 5.97 Å². The number of hydrogen-bond acceptors (Lipinski definition) is 8. The number of carbonyl (C=O) groups excluding carboxylic acids is 1. The fourth-order valence-corrected chi connectivity index (χ4v) is 2.86. The predicted octanol–water partition coefficient (Wildman–Crippen LogP) is 1.68. The van der Waals surface area contributed by atoms with Gasteiger partial charge in [-0.05, 0) is 19.1 Å². The smallest absolute Gasteiger partial charge is 0.303 e. The summed E-state index contributed by atoms with van der Waals surface area (Å²) in [5, 5.41) is 0. The van der Waals surface area contributed by atoms with Crippen LogP contribution in [-0.4, -0.2) is 48.1 Å². The third-order valence-corrected chi connectivity index (χ3v) is 3.71. The van der Waals surface area contributed by atoms with Crippen LogP contribution < -0.4 is 14.2 Å². The molecule has 24 heavy (non-hydrogen) atoms. The van der Waals surface area contributed by atoms with Crippen molar-refractivity contribution >= 4 is 16.1 Å². The predicted molar refractivity (Wildman–Crippen MR) is 86.0 cm³/mol. The Kier molecular flexibility index (Phi) is 6.85. The molecule has 136 valence electrons. The lowest BCUT2D eigenvalue weighted by Gasteiger charge is -2.24. The Bertz CT molecular complexity index is 658. The van der Waals surface area contributed by atoms with E-state index in [2.05, 4.69) is 0 Å². The first kappa shape index (κ1) is 20.0. The van der Waals surface area contributed by atoms with Crippen LogP contribution in [0, 0.1) is 0 Å². The zero-order valence-corrected chi connectivity index (χ0v) is 15.3. The van der Waals surface area contributed by atoms with Gasteiger partial charge in [0.2, 0.25) is 5.75 Å². The summed E-state index contributed by atoms with van der Waals surface area (Å²) in [5.74, 6) is 0.464.